The van der Waals surface area contributed by atoms with E-state index in [9.17, 15) is 4.79 Å². The van der Waals surface area contributed by atoms with Gasteiger partial charge in [0.05, 0.1) is 5.56 Å². The first-order valence-electron chi connectivity index (χ1n) is 7.35. The number of carbonyl (C=O) groups excluding carboxylic acids is 1. The van der Waals surface area contributed by atoms with Gasteiger partial charge in [-0.25, -0.2) is 0 Å². The lowest BCUT2D eigenvalue weighted by atomic mass is 10.0. The summed E-state index contributed by atoms with van der Waals surface area (Å²) >= 11 is 0. The number of benzene rings is 2. The molecule has 0 aliphatic carbocycles. The van der Waals surface area contributed by atoms with Crippen LogP contribution in [-0.2, 0) is 12.8 Å². The number of hydrogen-bond acceptors (Lipinski definition) is 2. The van der Waals surface area contributed by atoms with Crippen LogP contribution in [0.5, 0.6) is 0 Å². The van der Waals surface area contributed by atoms with Crippen molar-refractivity contribution in [1.29, 1.82) is 0 Å². The van der Waals surface area contributed by atoms with Crippen molar-refractivity contribution in [2.24, 2.45) is 0 Å². The fourth-order valence-electron chi connectivity index (χ4n) is 2.45. The molecule has 2 aromatic rings. The Kier molecular flexibility index (Phi) is 4.63. The molecule has 1 amide bonds. The summed E-state index contributed by atoms with van der Waals surface area (Å²) in [5.41, 5.74) is 11.2. The molecule has 0 radical (unpaired) electrons. The van der Waals surface area contributed by atoms with Crippen LogP contribution in [0.25, 0.3) is 0 Å². The molecule has 0 aliphatic heterocycles. The van der Waals surface area contributed by atoms with Gasteiger partial charge in [0.1, 0.15) is 0 Å². The molecule has 0 unspecified atom stereocenters. The second kappa shape index (κ2) is 6.44. The Balaban J connectivity index is 2.38. The van der Waals surface area contributed by atoms with E-state index in [0.717, 1.165) is 35.2 Å². The second-order valence-electron chi connectivity index (χ2n) is 5.20. The molecule has 0 bridgehead atoms. The van der Waals surface area contributed by atoms with E-state index in [-0.39, 0.29) is 5.91 Å². The van der Waals surface area contributed by atoms with Crippen molar-refractivity contribution >= 4 is 17.3 Å². The quantitative estimate of drug-likeness (QED) is 0.834. The summed E-state index contributed by atoms with van der Waals surface area (Å²) in [4.78, 5) is 12.5. The van der Waals surface area contributed by atoms with Crippen molar-refractivity contribution in [3.63, 3.8) is 0 Å². The van der Waals surface area contributed by atoms with E-state index in [1.807, 2.05) is 37.3 Å². The summed E-state index contributed by atoms with van der Waals surface area (Å²) < 4.78 is 0. The highest BCUT2D eigenvalue weighted by Gasteiger charge is 2.14. The molecule has 0 aliphatic rings. The van der Waals surface area contributed by atoms with Gasteiger partial charge in [-0.05, 0) is 43.0 Å². The highest BCUT2D eigenvalue weighted by Crippen LogP contribution is 2.24. The van der Waals surface area contributed by atoms with Crippen LogP contribution >= 0.6 is 0 Å². The van der Waals surface area contributed by atoms with Crippen LogP contribution in [-0.4, -0.2) is 5.91 Å². The lowest BCUT2D eigenvalue weighted by Gasteiger charge is -2.15. The predicted octanol–water partition coefficient (Wildman–Crippen LogP) is 3.95. The molecule has 3 N–H and O–H groups in total. The zero-order chi connectivity index (χ0) is 15.4. The number of nitrogen functional groups attached to an aromatic ring is 1. The van der Waals surface area contributed by atoms with Crippen molar-refractivity contribution in [2.45, 2.75) is 33.6 Å². The van der Waals surface area contributed by atoms with Gasteiger partial charge in [0.25, 0.3) is 5.91 Å². The van der Waals surface area contributed by atoms with Crippen LogP contribution in [0, 0.1) is 6.92 Å². The SMILES string of the molecule is CCc1cccc(CC)c1NC(=O)c1cc(C)ccc1N. The van der Waals surface area contributed by atoms with Crippen LogP contribution in [0.1, 0.15) is 40.9 Å². The van der Waals surface area contributed by atoms with Crippen molar-refractivity contribution < 1.29 is 4.79 Å². The van der Waals surface area contributed by atoms with Gasteiger partial charge in [-0.1, -0.05) is 43.7 Å². The maximum Gasteiger partial charge on any atom is 0.257 e. The zero-order valence-corrected chi connectivity index (χ0v) is 12.9. The number of rotatable bonds is 4. The molecule has 0 aromatic heterocycles. The highest BCUT2D eigenvalue weighted by atomic mass is 16.1. The molecule has 0 saturated heterocycles. The van der Waals surface area contributed by atoms with Gasteiger partial charge in [0.2, 0.25) is 0 Å². The van der Waals surface area contributed by atoms with Crippen molar-refractivity contribution in [1.82, 2.24) is 0 Å². The number of para-hydroxylation sites is 1. The molecule has 3 nitrogen and oxygen atoms in total. The molecular weight excluding hydrogens is 260 g/mol. The maximum absolute atomic E-state index is 12.5. The summed E-state index contributed by atoms with van der Waals surface area (Å²) in [6.45, 7) is 6.13. The Labute approximate surface area is 126 Å². The summed E-state index contributed by atoms with van der Waals surface area (Å²) in [7, 11) is 0. The zero-order valence-electron chi connectivity index (χ0n) is 12.9. The molecule has 0 atom stereocenters. The average molecular weight is 282 g/mol. The molecule has 2 rings (SSSR count). The van der Waals surface area contributed by atoms with Crippen LogP contribution in [0.3, 0.4) is 0 Å². The lowest BCUT2D eigenvalue weighted by molar-refractivity contribution is 0.102. The van der Waals surface area contributed by atoms with E-state index < -0.39 is 0 Å². The van der Waals surface area contributed by atoms with Crippen LogP contribution in [0.2, 0.25) is 0 Å². The topological polar surface area (TPSA) is 55.1 Å². The molecular formula is C18H22N2O. The largest absolute Gasteiger partial charge is 0.398 e. The minimum atomic E-state index is -0.146. The highest BCUT2D eigenvalue weighted by molar-refractivity contribution is 6.08. The molecule has 0 fully saturated rings. The van der Waals surface area contributed by atoms with E-state index in [2.05, 4.69) is 19.2 Å². The molecule has 110 valence electrons. The molecule has 3 heteroatoms. The third-order valence-corrected chi connectivity index (χ3v) is 3.69. The van der Waals surface area contributed by atoms with E-state index in [0.29, 0.717) is 11.3 Å². The third kappa shape index (κ3) is 3.24. The standard InChI is InChI=1S/C18H22N2O/c1-4-13-7-6-8-14(5-2)17(13)20-18(21)15-11-12(3)9-10-16(15)19/h6-11H,4-5,19H2,1-3H3,(H,20,21). The van der Waals surface area contributed by atoms with Gasteiger partial charge in [0.15, 0.2) is 0 Å². The normalized spacial score (nSPS) is 10.4. The van der Waals surface area contributed by atoms with Crippen LogP contribution in [0.4, 0.5) is 11.4 Å². The van der Waals surface area contributed by atoms with E-state index in [4.69, 9.17) is 5.73 Å². The number of carbonyl (C=O) groups is 1. The molecule has 0 saturated carbocycles. The Morgan fingerprint density at radius 1 is 1.10 bits per heavy atom. The van der Waals surface area contributed by atoms with Crippen molar-refractivity contribution in [3.05, 3.63) is 58.7 Å². The van der Waals surface area contributed by atoms with E-state index >= 15 is 0 Å². The third-order valence-electron chi connectivity index (χ3n) is 3.69. The Morgan fingerprint density at radius 3 is 2.29 bits per heavy atom. The first-order chi connectivity index (χ1) is 10.1. The van der Waals surface area contributed by atoms with Crippen LogP contribution in [0.15, 0.2) is 36.4 Å². The number of aryl methyl sites for hydroxylation is 3. The number of nitrogens with one attached hydrogen (secondary N) is 1. The first-order valence-corrected chi connectivity index (χ1v) is 7.35. The summed E-state index contributed by atoms with van der Waals surface area (Å²) in [5.74, 6) is -0.146. The fraction of sp³-hybridized carbons (Fsp3) is 0.278. The first kappa shape index (κ1) is 15.1. The lowest BCUT2D eigenvalue weighted by Crippen LogP contribution is -2.16. The van der Waals surface area contributed by atoms with Crippen LogP contribution < -0.4 is 11.1 Å². The van der Waals surface area contributed by atoms with Gasteiger partial charge in [-0.15, -0.1) is 0 Å². The second-order valence-corrected chi connectivity index (χ2v) is 5.20. The van der Waals surface area contributed by atoms with Crippen molar-refractivity contribution in [2.75, 3.05) is 11.1 Å². The van der Waals surface area contributed by atoms with E-state index in [1.54, 1.807) is 6.07 Å². The summed E-state index contributed by atoms with van der Waals surface area (Å²) in [6, 6.07) is 11.6. The number of hydrogen-bond donors (Lipinski definition) is 2. The molecule has 21 heavy (non-hydrogen) atoms. The monoisotopic (exact) mass is 282 g/mol. The molecule has 0 spiro atoms. The number of anilines is 2. The Hall–Kier alpha value is -2.29. The number of nitrogens with two attached hydrogens (primary N) is 1. The fourth-order valence-corrected chi connectivity index (χ4v) is 2.45. The van der Waals surface area contributed by atoms with Gasteiger partial charge in [-0.2, -0.15) is 0 Å². The van der Waals surface area contributed by atoms with Gasteiger partial charge in [0, 0.05) is 11.4 Å². The average Bonchev–Trinajstić information content (AvgIpc) is 2.49. The van der Waals surface area contributed by atoms with Gasteiger partial charge < -0.3 is 11.1 Å². The Bertz CT molecular complexity index is 640. The summed E-state index contributed by atoms with van der Waals surface area (Å²) in [6.07, 6.45) is 1.76. The minimum absolute atomic E-state index is 0.146. The van der Waals surface area contributed by atoms with Gasteiger partial charge >= 0.3 is 0 Å². The van der Waals surface area contributed by atoms with Gasteiger partial charge in [-0.3, -0.25) is 4.79 Å². The molecule has 2 aromatic carbocycles. The Morgan fingerprint density at radius 2 is 1.71 bits per heavy atom. The van der Waals surface area contributed by atoms with Crippen molar-refractivity contribution in [3.8, 4) is 0 Å². The summed E-state index contributed by atoms with van der Waals surface area (Å²) in [5, 5.41) is 3.05. The number of amides is 1. The smallest absolute Gasteiger partial charge is 0.257 e. The maximum atomic E-state index is 12.5. The van der Waals surface area contributed by atoms with E-state index in [1.165, 1.54) is 0 Å². The molecule has 0 heterocycles. The minimum Gasteiger partial charge on any atom is -0.398 e. The predicted molar refractivity (Wildman–Crippen MR) is 88.7 cm³/mol.